The van der Waals surface area contributed by atoms with Gasteiger partial charge in [0.1, 0.15) is 0 Å². The number of imidazole rings is 1. The van der Waals surface area contributed by atoms with E-state index in [9.17, 15) is 9.90 Å². The molecule has 0 amide bonds. The van der Waals surface area contributed by atoms with Gasteiger partial charge in [0.05, 0.1) is 17.1 Å². The summed E-state index contributed by atoms with van der Waals surface area (Å²) < 4.78 is 1.91. The van der Waals surface area contributed by atoms with Crippen molar-refractivity contribution >= 4 is 22.8 Å². The van der Waals surface area contributed by atoms with Crippen LogP contribution in [0.15, 0.2) is 58.2 Å². The molecule has 0 radical (unpaired) electrons. The predicted molar refractivity (Wildman–Crippen MR) is 115 cm³/mol. The fourth-order valence-electron chi connectivity index (χ4n) is 3.97. The number of β-amino-alcohol motifs (C(OH)–C–C–N with tert-alkyl or cyclic N) is 1. The SMILES string of the molecule is Cc1ccc(SCC(O)CN2CCC(n3c(=O)[nH]c4ccccc43)CC2)cc1. The van der Waals surface area contributed by atoms with Gasteiger partial charge >= 0.3 is 5.69 Å². The van der Waals surface area contributed by atoms with Gasteiger partial charge in [-0.15, -0.1) is 11.8 Å². The topological polar surface area (TPSA) is 61.3 Å². The Morgan fingerprint density at radius 2 is 1.86 bits per heavy atom. The second kappa shape index (κ2) is 8.55. The molecule has 6 heteroatoms. The first-order valence-electron chi connectivity index (χ1n) is 9.89. The van der Waals surface area contributed by atoms with Crippen LogP contribution in [0.5, 0.6) is 0 Å². The minimum Gasteiger partial charge on any atom is -0.391 e. The smallest absolute Gasteiger partial charge is 0.326 e. The number of H-pyrrole nitrogens is 1. The molecule has 1 aliphatic rings. The fourth-order valence-corrected chi connectivity index (χ4v) is 4.79. The monoisotopic (exact) mass is 397 g/mol. The van der Waals surface area contributed by atoms with E-state index >= 15 is 0 Å². The lowest BCUT2D eigenvalue weighted by Crippen LogP contribution is -2.41. The van der Waals surface area contributed by atoms with Gasteiger partial charge in [0.25, 0.3) is 0 Å². The highest BCUT2D eigenvalue weighted by molar-refractivity contribution is 7.99. The highest BCUT2D eigenvalue weighted by Gasteiger charge is 2.24. The number of hydrogen-bond acceptors (Lipinski definition) is 4. The zero-order chi connectivity index (χ0) is 19.5. The quantitative estimate of drug-likeness (QED) is 0.626. The standard InChI is InChI=1S/C22H27N3O2S/c1-16-6-8-19(9-7-16)28-15-18(26)14-24-12-10-17(11-13-24)25-21-5-3-2-4-20(21)23-22(25)27/h2-9,17-18,26H,10-15H2,1H3,(H,23,27). The van der Waals surface area contributed by atoms with Crippen LogP contribution >= 0.6 is 11.8 Å². The number of rotatable bonds is 6. The van der Waals surface area contributed by atoms with Crippen LogP contribution in [0.3, 0.4) is 0 Å². The Bertz CT molecular complexity index is 971. The van der Waals surface area contributed by atoms with Gasteiger partial charge < -0.3 is 15.0 Å². The second-order valence-electron chi connectivity index (χ2n) is 7.63. The summed E-state index contributed by atoms with van der Waals surface area (Å²) in [6, 6.07) is 16.5. The van der Waals surface area contributed by atoms with Crippen molar-refractivity contribution in [1.82, 2.24) is 14.5 Å². The van der Waals surface area contributed by atoms with Crippen molar-refractivity contribution in [2.45, 2.75) is 36.8 Å². The predicted octanol–water partition coefficient (Wildman–Crippen LogP) is 3.43. The van der Waals surface area contributed by atoms with E-state index in [1.54, 1.807) is 11.8 Å². The Labute approximate surface area is 169 Å². The van der Waals surface area contributed by atoms with Crippen molar-refractivity contribution in [1.29, 1.82) is 0 Å². The van der Waals surface area contributed by atoms with Gasteiger partial charge in [-0.2, -0.15) is 0 Å². The molecule has 2 N–H and O–H groups in total. The number of nitrogens with one attached hydrogen (secondary N) is 1. The lowest BCUT2D eigenvalue weighted by Gasteiger charge is -2.33. The van der Waals surface area contributed by atoms with E-state index in [1.165, 1.54) is 10.5 Å². The summed E-state index contributed by atoms with van der Waals surface area (Å²) in [7, 11) is 0. The molecule has 4 rings (SSSR count). The molecule has 0 spiro atoms. The summed E-state index contributed by atoms with van der Waals surface area (Å²) in [6.07, 6.45) is 1.51. The minimum absolute atomic E-state index is 0.0193. The van der Waals surface area contributed by atoms with Gasteiger partial charge in [-0.3, -0.25) is 4.57 Å². The number of aromatic amines is 1. The van der Waals surface area contributed by atoms with Gasteiger partial charge in [-0.25, -0.2) is 4.79 Å². The number of aliphatic hydroxyl groups excluding tert-OH is 1. The molecule has 1 fully saturated rings. The van der Waals surface area contributed by atoms with Crippen molar-refractivity contribution in [2.24, 2.45) is 0 Å². The molecular weight excluding hydrogens is 370 g/mol. The maximum Gasteiger partial charge on any atom is 0.326 e. The maximum atomic E-state index is 12.4. The molecule has 0 bridgehead atoms. The van der Waals surface area contributed by atoms with E-state index in [0.717, 1.165) is 37.0 Å². The number of aliphatic hydroxyl groups is 1. The van der Waals surface area contributed by atoms with Crippen molar-refractivity contribution in [3.8, 4) is 0 Å². The van der Waals surface area contributed by atoms with E-state index in [-0.39, 0.29) is 17.8 Å². The van der Waals surface area contributed by atoms with Gasteiger partial charge in [0, 0.05) is 36.3 Å². The second-order valence-corrected chi connectivity index (χ2v) is 8.72. The van der Waals surface area contributed by atoms with Crippen LogP contribution in [0.4, 0.5) is 0 Å². The van der Waals surface area contributed by atoms with Crippen molar-refractivity contribution in [2.75, 3.05) is 25.4 Å². The van der Waals surface area contributed by atoms with Crippen LogP contribution in [0, 0.1) is 6.92 Å². The summed E-state index contributed by atoms with van der Waals surface area (Å²) in [5.41, 5.74) is 3.12. The summed E-state index contributed by atoms with van der Waals surface area (Å²) in [5, 5.41) is 10.4. The fraction of sp³-hybridized carbons (Fsp3) is 0.409. The molecule has 1 unspecified atom stereocenters. The third-order valence-electron chi connectivity index (χ3n) is 5.48. The number of nitrogens with zero attached hydrogens (tertiary/aromatic N) is 2. The summed E-state index contributed by atoms with van der Waals surface area (Å²) in [4.78, 5) is 18.9. The van der Waals surface area contributed by atoms with Crippen LogP contribution in [0.25, 0.3) is 11.0 Å². The summed E-state index contributed by atoms with van der Waals surface area (Å²) in [6.45, 7) is 4.58. The largest absolute Gasteiger partial charge is 0.391 e. The number of benzene rings is 2. The number of para-hydroxylation sites is 2. The zero-order valence-electron chi connectivity index (χ0n) is 16.2. The Morgan fingerprint density at radius 3 is 2.61 bits per heavy atom. The van der Waals surface area contributed by atoms with Crippen molar-refractivity contribution < 1.29 is 5.11 Å². The molecule has 2 heterocycles. The first kappa shape index (κ1) is 19.3. The zero-order valence-corrected chi connectivity index (χ0v) is 17.0. The molecule has 1 atom stereocenters. The van der Waals surface area contributed by atoms with Gasteiger partial charge in [-0.1, -0.05) is 29.8 Å². The van der Waals surface area contributed by atoms with E-state index in [4.69, 9.17) is 0 Å². The maximum absolute atomic E-state index is 12.4. The molecular formula is C22H27N3O2S. The number of piperidine rings is 1. The van der Waals surface area contributed by atoms with Crippen LogP contribution in [-0.2, 0) is 0 Å². The highest BCUT2D eigenvalue weighted by Crippen LogP contribution is 2.25. The number of aryl methyl sites for hydroxylation is 1. The lowest BCUT2D eigenvalue weighted by molar-refractivity contribution is 0.104. The van der Waals surface area contributed by atoms with Crippen LogP contribution in [0.2, 0.25) is 0 Å². The molecule has 1 saturated heterocycles. The lowest BCUT2D eigenvalue weighted by atomic mass is 10.0. The first-order valence-corrected chi connectivity index (χ1v) is 10.9. The third-order valence-corrected chi connectivity index (χ3v) is 6.64. The van der Waals surface area contributed by atoms with Crippen LogP contribution in [0.1, 0.15) is 24.4 Å². The van der Waals surface area contributed by atoms with E-state index in [2.05, 4.69) is 41.1 Å². The average Bonchev–Trinajstić information content (AvgIpc) is 3.04. The van der Waals surface area contributed by atoms with Gasteiger partial charge in [-0.05, 0) is 44.0 Å². The van der Waals surface area contributed by atoms with E-state index in [0.29, 0.717) is 12.3 Å². The third kappa shape index (κ3) is 4.35. The van der Waals surface area contributed by atoms with E-state index in [1.807, 2.05) is 28.8 Å². The molecule has 2 aromatic carbocycles. The van der Waals surface area contributed by atoms with Crippen molar-refractivity contribution in [3.05, 3.63) is 64.6 Å². The normalized spacial score (nSPS) is 17.2. The molecule has 28 heavy (non-hydrogen) atoms. The highest BCUT2D eigenvalue weighted by atomic mass is 32.2. The molecule has 0 aliphatic carbocycles. The Hall–Kier alpha value is -2.02. The molecule has 1 aliphatic heterocycles. The Balaban J connectivity index is 1.29. The molecule has 5 nitrogen and oxygen atoms in total. The number of hydrogen-bond donors (Lipinski definition) is 2. The number of thioether (sulfide) groups is 1. The van der Waals surface area contributed by atoms with Gasteiger partial charge in [0.15, 0.2) is 0 Å². The molecule has 148 valence electrons. The molecule has 1 aromatic heterocycles. The van der Waals surface area contributed by atoms with Crippen molar-refractivity contribution in [3.63, 3.8) is 0 Å². The molecule has 3 aromatic rings. The number of aromatic nitrogens is 2. The molecule has 0 saturated carbocycles. The average molecular weight is 398 g/mol. The number of likely N-dealkylation sites (tertiary alicyclic amines) is 1. The van der Waals surface area contributed by atoms with Crippen LogP contribution < -0.4 is 5.69 Å². The minimum atomic E-state index is -0.348. The Morgan fingerprint density at radius 1 is 1.14 bits per heavy atom. The summed E-state index contributed by atoms with van der Waals surface area (Å²) >= 11 is 1.70. The first-order chi connectivity index (χ1) is 13.6. The summed E-state index contributed by atoms with van der Waals surface area (Å²) in [5.74, 6) is 0.699. The van der Waals surface area contributed by atoms with Crippen LogP contribution in [-0.4, -0.2) is 51.0 Å². The number of fused-ring (bicyclic) bond motifs is 1. The van der Waals surface area contributed by atoms with E-state index < -0.39 is 0 Å². The Kier molecular flexibility index (Phi) is 5.90. The van der Waals surface area contributed by atoms with Gasteiger partial charge in [0.2, 0.25) is 0 Å².